The second kappa shape index (κ2) is 23.2. The molecule has 0 unspecified atom stereocenters. The summed E-state index contributed by atoms with van der Waals surface area (Å²) in [6, 6.07) is 87.0. The number of benzene rings is 11. The van der Waals surface area contributed by atoms with Crippen molar-refractivity contribution in [3.8, 4) is 50.2 Å². The van der Waals surface area contributed by atoms with Gasteiger partial charge < -0.3 is 14.4 Å². The number of aromatic nitrogens is 1. The fraction of sp³-hybridized carbons (Fsp3) is 0.327. The van der Waals surface area contributed by atoms with E-state index in [0.717, 1.165) is 17.1 Å². The zero-order valence-corrected chi connectivity index (χ0v) is 64.5. The quantitative estimate of drug-likeness (QED) is 0.147. The Labute approximate surface area is 610 Å². The van der Waals surface area contributed by atoms with Crippen LogP contribution in [0.5, 0.6) is 0 Å². The summed E-state index contributed by atoms with van der Waals surface area (Å²) in [6.07, 6.45) is 4.74. The first-order chi connectivity index (χ1) is 48.0. The number of hydrogen-bond acceptors (Lipinski definition) is 2. The molecule has 2 aliphatic carbocycles. The fourth-order valence-electron chi connectivity index (χ4n) is 17.7. The lowest BCUT2D eigenvalue weighted by atomic mass is 9.33. The topological polar surface area (TPSA) is 11.4 Å². The second-order valence-electron chi connectivity index (χ2n) is 37.7. The summed E-state index contributed by atoms with van der Waals surface area (Å²) < 4.78 is 2.56. The van der Waals surface area contributed by atoms with Gasteiger partial charge in [0.25, 0.3) is 6.71 Å². The molecule has 16 rings (SSSR count). The Morgan fingerprint density at radius 3 is 1.08 bits per heavy atom. The standard InChI is InChI=1S/C98H104BN3/c1-91(2,3)69-33-24-63(25-34-69)68-56-88-90-89(57-68)101(74-39-28-62(29-40-74)66-31-43-79-81(54-66)98(19,20)51-49-96(79,15)16)87-60-75(102-84-46-35-71(93(7,8)9)58-76(84)77-59-72(94(10,11)12)36-47-85(77)102)41-45-83(87)99(90)82-44-32-67(64-22-21-23-70(52-64)92(4,5)6)55-86(82)100(88)73-37-26-61(27-38-73)65-30-42-78-80(53-65)97(17,18)50-48-95(78,13)14/h21-47,52-60H,48-51H2,1-20H3. The highest BCUT2D eigenvalue weighted by atomic mass is 15.2. The van der Waals surface area contributed by atoms with Crippen molar-refractivity contribution in [1.82, 2.24) is 4.57 Å². The van der Waals surface area contributed by atoms with E-state index >= 15 is 0 Å². The van der Waals surface area contributed by atoms with Crippen LogP contribution in [-0.2, 0) is 43.3 Å². The minimum Gasteiger partial charge on any atom is -0.311 e. The second-order valence-corrected chi connectivity index (χ2v) is 37.7. The minimum absolute atomic E-state index is 0.00727. The molecule has 12 aromatic rings. The maximum atomic E-state index is 2.64. The van der Waals surface area contributed by atoms with Crippen molar-refractivity contribution in [3.63, 3.8) is 0 Å². The fourth-order valence-corrected chi connectivity index (χ4v) is 17.7. The lowest BCUT2D eigenvalue weighted by Gasteiger charge is -2.45. The lowest BCUT2D eigenvalue weighted by molar-refractivity contribution is 0.332. The third-order valence-electron chi connectivity index (χ3n) is 24.6. The highest BCUT2D eigenvalue weighted by Gasteiger charge is 2.45. The Morgan fingerprint density at radius 1 is 0.275 bits per heavy atom. The molecule has 4 aliphatic rings. The van der Waals surface area contributed by atoms with Gasteiger partial charge >= 0.3 is 0 Å². The van der Waals surface area contributed by atoms with E-state index in [-0.39, 0.29) is 50.0 Å². The normalized spacial score (nSPS) is 16.5. The Hall–Kier alpha value is -9.12. The first kappa shape index (κ1) is 67.4. The summed E-state index contributed by atoms with van der Waals surface area (Å²) in [5.74, 6) is 0. The van der Waals surface area contributed by atoms with Crippen LogP contribution >= 0.6 is 0 Å². The highest BCUT2D eigenvalue weighted by molar-refractivity contribution is 7.00. The Balaban J connectivity index is 0.965. The molecule has 0 saturated carbocycles. The minimum atomic E-state index is -0.125. The molecule has 102 heavy (non-hydrogen) atoms. The molecule has 0 amide bonds. The largest absolute Gasteiger partial charge is 0.311 e. The number of anilines is 6. The molecule has 514 valence electrons. The van der Waals surface area contributed by atoms with E-state index in [2.05, 4.69) is 371 Å². The van der Waals surface area contributed by atoms with Crippen LogP contribution in [0.1, 0.15) is 209 Å². The van der Waals surface area contributed by atoms with Crippen LogP contribution in [0.4, 0.5) is 34.1 Å². The maximum Gasteiger partial charge on any atom is 0.252 e. The van der Waals surface area contributed by atoms with Gasteiger partial charge in [-0.05, 0) is 253 Å². The molecule has 0 atom stereocenters. The summed E-state index contributed by atoms with van der Waals surface area (Å²) in [7, 11) is 0. The summed E-state index contributed by atoms with van der Waals surface area (Å²) in [4.78, 5) is 5.27. The van der Waals surface area contributed by atoms with Crippen molar-refractivity contribution in [2.45, 2.75) is 207 Å². The van der Waals surface area contributed by atoms with E-state index < -0.39 is 0 Å². The van der Waals surface area contributed by atoms with Crippen molar-refractivity contribution in [2.75, 3.05) is 9.80 Å². The van der Waals surface area contributed by atoms with Gasteiger partial charge in [-0.15, -0.1) is 0 Å². The van der Waals surface area contributed by atoms with E-state index in [1.54, 1.807) is 0 Å². The van der Waals surface area contributed by atoms with Crippen LogP contribution in [0, 0.1) is 0 Å². The third-order valence-corrected chi connectivity index (χ3v) is 24.6. The van der Waals surface area contributed by atoms with Gasteiger partial charge in [0, 0.05) is 50.6 Å². The van der Waals surface area contributed by atoms with Crippen LogP contribution in [0.2, 0.25) is 0 Å². The molecule has 11 aromatic carbocycles. The van der Waals surface area contributed by atoms with E-state index in [1.165, 1.54) is 176 Å². The zero-order valence-electron chi connectivity index (χ0n) is 64.5. The summed E-state index contributed by atoms with van der Waals surface area (Å²) >= 11 is 0. The molecule has 4 heteroatoms. The van der Waals surface area contributed by atoms with Gasteiger partial charge in [0.05, 0.1) is 11.0 Å². The lowest BCUT2D eigenvalue weighted by Crippen LogP contribution is -2.61. The first-order valence-electron chi connectivity index (χ1n) is 37.9. The van der Waals surface area contributed by atoms with E-state index in [9.17, 15) is 0 Å². The van der Waals surface area contributed by atoms with Crippen molar-refractivity contribution < 1.29 is 0 Å². The molecule has 0 bridgehead atoms. The van der Waals surface area contributed by atoms with Crippen LogP contribution < -0.4 is 26.2 Å². The summed E-state index contributed by atoms with van der Waals surface area (Å²) in [5.41, 5.74) is 35.8. The van der Waals surface area contributed by atoms with Crippen molar-refractivity contribution >= 4 is 79.0 Å². The van der Waals surface area contributed by atoms with E-state index in [0.29, 0.717) is 0 Å². The van der Waals surface area contributed by atoms with Crippen LogP contribution in [0.15, 0.2) is 218 Å². The molecular weight excluding hydrogens is 1230 g/mol. The number of fused-ring (bicyclic) bond motifs is 9. The average Bonchev–Trinajstić information content (AvgIpc) is 0.743. The van der Waals surface area contributed by atoms with Gasteiger partial charge in [0.1, 0.15) is 0 Å². The highest BCUT2D eigenvalue weighted by Crippen LogP contribution is 2.52. The van der Waals surface area contributed by atoms with Crippen LogP contribution in [0.25, 0.3) is 72.0 Å². The predicted molar refractivity (Wildman–Crippen MR) is 442 cm³/mol. The maximum absolute atomic E-state index is 2.64. The number of hydrogen-bond donors (Lipinski definition) is 0. The molecule has 0 saturated heterocycles. The van der Waals surface area contributed by atoms with Crippen LogP contribution in [0.3, 0.4) is 0 Å². The smallest absolute Gasteiger partial charge is 0.252 e. The average molecular weight is 1330 g/mol. The Bertz CT molecular complexity index is 5290. The summed E-state index contributed by atoms with van der Waals surface area (Å²) in [5, 5.41) is 2.57. The number of rotatable bonds is 7. The molecule has 0 spiro atoms. The van der Waals surface area contributed by atoms with Gasteiger partial charge in [-0.25, -0.2) is 0 Å². The molecular formula is C98H104BN3. The Kier molecular flexibility index (Phi) is 15.3. The zero-order chi connectivity index (χ0) is 71.9. The number of nitrogens with zero attached hydrogens (tertiary/aromatic N) is 3. The molecule has 0 N–H and O–H groups in total. The van der Waals surface area contributed by atoms with Gasteiger partial charge in [0.15, 0.2) is 0 Å². The van der Waals surface area contributed by atoms with Crippen LogP contribution in [-0.4, -0.2) is 11.3 Å². The van der Waals surface area contributed by atoms with Crippen molar-refractivity contribution in [2.24, 2.45) is 0 Å². The molecule has 3 heterocycles. The van der Waals surface area contributed by atoms with Crippen molar-refractivity contribution in [3.05, 3.63) is 263 Å². The van der Waals surface area contributed by atoms with Gasteiger partial charge in [0.2, 0.25) is 0 Å². The molecule has 0 radical (unpaired) electrons. The molecule has 1 aromatic heterocycles. The SMILES string of the molecule is CC(C)(C)c1ccc(-c2cc3c4c(c2)N(c2ccc(-c5ccc6c(c5)C(C)(C)CCC6(C)C)cc2)c2cc(-n5c6ccc(C(C)(C)C)cc6c6cc(C(C)(C)C)ccc65)ccc2B4c2ccc(-c4cccc(C(C)(C)C)c4)cc2N3c2ccc(-c3ccc4c(c3)C(C)(C)CCC4(C)C)cc2)cc1. The third kappa shape index (κ3) is 11.3. The Morgan fingerprint density at radius 2 is 0.618 bits per heavy atom. The van der Waals surface area contributed by atoms with E-state index in [4.69, 9.17) is 0 Å². The van der Waals surface area contributed by atoms with Crippen molar-refractivity contribution in [1.29, 1.82) is 0 Å². The van der Waals surface area contributed by atoms with Gasteiger partial charge in [-0.1, -0.05) is 278 Å². The molecule has 0 fully saturated rings. The van der Waals surface area contributed by atoms with E-state index in [1.807, 2.05) is 0 Å². The monoisotopic (exact) mass is 1330 g/mol. The predicted octanol–water partition coefficient (Wildman–Crippen LogP) is 25.4. The molecule has 2 aliphatic heterocycles. The van der Waals surface area contributed by atoms with Gasteiger partial charge in [-0.3, -0.25) is 0 Å². The first-order valence-corrected chi connectivity index (χ1v) is 37.9. The molecule has 3 nitrogen and oxygen atoms in total. The summed E-state index contributed by atoms with van der Waals surface area (Å²) in [6.45, 7) is 47.3. The van der Waals surface area contributed by atoms with Gasteiger partial charge in [-0.2, -0.15) is 0 Å².